The third-order valence-corrected chi connectivity index (χ3v) is 4.45. The van der Waals surface area contributed by atoms with Gasteiger partial charge in [-0.3, -0.25) is 9.59 Å². The van der Waals surface area contributed by atoms with Gasteiger partial charge in [0.25, 0.3) is 5.56 Å². The normalized spacial score (nSPS) is 11.7. The average Bonchev–Trinajstić information content (AvgIpc) is 2.74. The van der Waals surface area contributed by atoms with E-state index in [0.717, 1.165) is 5.56 Å². The molecule has 0 aliphatic heterocycles. The standard InChI is InChI=1S/C22H24N4O3/c1-3-29-18-11-7-10-17(14-18)21-24-22(28)19(25-26-21)12-13-20(27)23-15(2)16-8-5-4-6-9-16/h4-11,14-15H,3,12-13H2,1-2H3,(H,23,27)(H,24,26,28)/t15-/m0/s1. The number of benzene rings is 2. The van der Waals surface area contributed by atoms with Crippen molar-refractivity contribution in [2.24, 2.45) is 0 Å². The second-order valence-electron chi connectivity index (χ2n) is 6.61. The minimum absolute atomic E-state index is 0.104. The first kappa shape index (κ1) is 20.3. The average molecular weight is 392 g/mol. The molecule has 0 bridgehead atoms. The molecule has 7 heteroatoms. The Morgan fingerprint density at radius 3 is 2.66 bits per heavy atom. The highest BCUT2D eigenvalue weighted by molar-refractivity contribution is 5.76. The van der Waals surface area contributed by atoms with E-state index < -0.39 is 0 Å². The molecule has 3 rings (SSSR count). The van der Waals surface area contributed by atoms with Gasteiger partial charge in [0.05, 0.1) is 12.6 Å². The molecule has 0 saturated heterocycles. The first-order valence-corrected chi connectivity index (χ1v) is 9.60. The van der Waals surface area contributed by atoms with E-state index in [2.05, 4.69) is 20.5 Å². The zero-order chi connectivity index (χ0) is 20.6. The lowest BCUT2D eigenvalue weighted by Crippen LogP contribution is -2.28. The predicted molar refractivity (Wildman–Crippen MR) is 111 cm³/mol. The molecular weight excluding hydrogens is 368 g/mol. The Morgan fingerprint density at radius 1 is 1.14 bits per heavy atom. The summed E-state index contributed by atoms with van der Waals surface area (Å²) in [4.78, 5) is 27.3. The Kier molecular flexibility index (Phi) is 6.73. The number of carbonyl (C=O) groups is 1. The minimum Gasteiger partial charge on any atom is -0.494 e. The van der Waals surface area contributed by atoms with E-state index in [0.29, 0.717) is 23.7 Å². The van der Waals surface area contributed by atoms with Crippen molar-refractivity contribution in [2.75, 3.05) is 6.61 Å². The molecule has 1 aromatic heterocycles. The molecule has 0 unspecified atom stereocenters. The summed E-state index contributed by atoms with van der Waals surface area (Å²) in [7, 11) is 0. The molecule has 7 nitrogen and oxygen atoms in total. The summed E-state index contributed by atoms with van der Waals surface area (Å²) in [5.41, 5.74) is 1.62. The van der Waals surface area contributed by atoms with E-state index in [9.17, 15) is 9.59 Å². The van der Waals surface area contributed by atoms with Crippen LogP contribution in [0.25, 0.3) is 11.4 Å². The van der Waals surface area contributed by atoms with Crippen LogP contribution in [0, 0.1) is 0 Å². The van der Waals surface area contributed by atoms with E-state index in [1.165, 1.54) is 0 Å². The van der Waals surface area contributed by atoms with Crippen LogP contribution >= 0.6 is 0 Å². The Balaban J connectivity index is 1.61. The van der Waals surface area contributed by atoms with Gasteiger partial charge in [0.15, 0.2) is 5.82 Å². The number of hydrogen-bond donors (Lipinski definition) is 2. The molecule has 0 radical (unpaired) electrons. The van der Waals surface area contributed by atoms with E-state index in [1.54, 1.807) is 6.07 Å². The monoisotopic (exact) mass is 392 g/mol. The van der Waals surface area contributed by atoms with Crippen molar-refractivity contribution in [3.05, 3.63) is 76.2 Å². The SMILES string of the molecule is CCOc1cccc(-c2nnc(CCC(=O)N[C@@H](C)c3ccccc3)c(=O)[nH]2)c1. The fraction of sp³-hybridized carbons (Fsp3) is 0.273. The summed E-state index contributed by atoms with van der Waals surface area (Å²) in [6.07, 6.45) is 0.378. The molecule has 29 heavy (non-hydrogen) atoms. The quantitative estimate of drug-likeness (QED) is 0.614. The molecular formula is C22H24N4O3. The summed E-state index contributed by atoms with van der Waals surface area (Å²) in [5.74, 6) is 0.916. The van der Waals surface area contributed by atoms with Crippen molar-refractivity contribution in [2.45, 2.75) is 32.7 Å². The van der Waals surface area contributed by atoms with Crippen LogP contribution in [0.2, 0.25) is 0 Å². The van der Waals surface area contributed by atoms with Crippen molar-refractivity contribution in [3.63, 3.8) is 0 Å². The Labute approximate surface area is 169 Å². The summed E-state index contributed by atoms with van der Waals surface area (Å²) in [6.45, 7) is 4.38. The maximum absolute atomic E-state index is 12.4. The molecule has 3 aromatic rings. The van der Waals surface area contributed by atoms with Crippen LogP contribution in [-0.4, -0.2) is 27.7 Å². The third kappa shape index (κ3) is 5.51. The first-order valence-electron chi connectivity index (χ1n) is 9.60. The van der Waals surface area contributed by atoms with Gasteiger partial charge in [0.1, 0.15) is 11.4 Å². The number of aromatic nitrogens is 3. The van der Waals surface area contributed by atoms with E-state index in [4.69, 9.17) is 4.74 Å². The summed E-state index contributed by atoms with van der Waals surface area (Å²) in [6, 6.07) is 16.9. The number of H-pyrrole nitrogens is 1. The number of aromatic amines is 1. The fourth-order valence-electron chi connectivity index (χ4n) is 2.92. The van der Waals surface area contributed by atoms with E-state index in [-0.39, 0.29) is 36.0 Å². The Bertz CT molecular complexity index is 1020. The number of rotatable bonds is 8. The van der Waals surface area contributed by atoms with Gasteiger partial charge in [-0.2, -0.15) is 0 Å². The van der Waals surface area contributed by atoms with Crippen molar-refractivity contribution in [3.8, 4) is 17.1 Å². The Hall–Kier alpha value is -3.48. The molecule has 1 amide bonds. The van der Waals surface area contributed by atoms with Gasteiger partial charge in [0, 0.05) is 18.4 Å². The lowest BCUT2D eigenvalue weighted by atomic mass is 10.1. The van der Waals surface area contributed by atoms with Crippen LogP contribution in [0.3, 0.4) is 0 Å². The molecule has 0 aliphatic carbocycles. The van der Waals surface area contributed by atoms with E-state index in [1.807, 2.05) is 62.4 Å². The summed E-state index contributed by atoms with van der Waals surface area (Å²) in [5, 5.41) is 11.1. The zero-order valence-corrected chi connectivity index (χ0v) is 16.5. The van der Waals surface area contributed by atoms with Gasteiger partial charge in [-0.15, -0.1) is 10.2 Å². The number of nitrogens with one attached hydrogen (secondary N) is 2. The highest BCUT2D eigenvalue weighted by atomic mass is 16.5. The van der Waals surface area contributed by atoms with Gasteiger partial charge < -0.3 is 15.0 Å². The predicted octanol–water partition coefficient (Wildman–Crippen LogP) is 3.04. The van der Waals surface area contributed by atoms with Crippen LogP contribution in [0.4, 0.5) is 0 Å². The summed E-state index contributed by atoms with van der Waals surface area (Å²) < 4.78 is 5.47. The van der Waals surface area contributed by atoms with Crippen LogP contribution < -0.4 is 15.6 Å². The van der Waals surface area contributed by atoms with Gasteiger partial charge in [-0.1, -0.05) is 42.5 Å². The third-order valence-electron chi connectivity index (χ3n) is 4.45. The smallest absolute Gasteiger partial charge is 0.273 e. The van der Waals surface area contributed by atoms with Gasteiger partial charge in [-0.05, 0) is 31.5 Å². The topological polar surface area (TPSA) is 97.0 Å². The van der Waals surface area contributed by atoms with Crippen LogP contribution in [0.15, 0.2) is 59.4 Å². The van der Waals surface area contributed by atoms with Gasteiger partial charge in [0.2, 0.25) is 5.91 Å². The van der Waals surface area contributed by atoms with Crippen LogP contribution in [-0.2, 0) is 11.2 Å². The van der Waals surface area contributed by atoms with Crippen molar-refractivity contribution < 1.29 is 9.53 Å². The van der Waals surface area contributed by atoms with Crippen molar-refractivity contribution >= 4 is 5.91 Å². The highest BCUT2D eigenvalue weighted by Gasteiger charge is 2.12. The molecule has 2 aromatic carbocycles. The number of amides is 1. The second kappa shape index (κ2) is 9.64. The first-order chi connectivity index (χ1) is 14.1. The molecule has 0 aliphatic rings. The lowest BCUT2D eigenvalue weighted by molar-refractivity contribution is -0.121. The number of aryl methyl sites for hydroxylation is 1. The summed E-state index contributed by atoms with van der Waals surface area (Å²) >= 11 is 0. The Morgan fingerprint density at radius 2 is 1.93 bits per heavy atom. The lowest BCUT2D eigenvalue weighted by Gasteiger charge is -2.14. The molecule has 150 valence electrons. The van der Waals surface area contributed by atoms with Crippen molar-refractivity contribution in [1.82, 2.24) is 20.5 Å². The van der Waals surface area contributed by atoms with E-state index >= 15 is 0 Å². The van der Waals surface area contributed by atoms with Gasteiger partial charge >= 0.3 is 0 Å². The maximum Gasteiger partial charge on any atom is 0.273 e. The van der Waals surface area contributed by atoms with Crippen LogP contribution in [0.5, 0.6) is 5.75 Å². The number of hydrogen-bond acceptors (Lipinski definition) is 5. The molecule has 2 N–H and O–H groups in total. The highest BCUT2D eigenvalue weighted by Crippen LogP contribution is 2.19. The van der Waals surface area contributed by atoms with Crippen LogP contribution in [0.1, 0.15) is 37.6 Å². The molecule has 0 spiro atoms. The molecule has 1 heterocycles. The largest absolute Gasteiger partial charge is 0.494 e. The fourth-order valence-corrected chi connectivity index (χ4v) is 2.92. The molecule has 0 saturated carbocycles. The number of ether oxygens (including phenoxy) is 1. The zero-order valence-electron chi connectivity index (χ0n) is 16.5. The number of nitrogens with zero attached hydrogens (tertiary/aromatic N) is 2. The van der Waals surface area contributed by atoms with Crippen molar-refractivity contribution in [1.29, 1.82) is 0 Å². The molecule has 0 fully saturated rings. The number of carbonyl (C=O) groups excluding carboxylic acids is 1. The molecule has 1 atom stereocenters. The minimum atomic E-state index is -0.347. The maximum atomic E-state index is 12.4. The second-order valence-corrected chi connectivity index (χ2v) is 6.61. The van der Waals surface area contributed by atoms with Gasteiger partial charge in [-0.25, -0.2) is 0 Å².